The summed E-state index contributed by atoms with van der Waals surface area (Å²) in [5, 5.41) is 19.0. The van der Waals surface area contributed by atoms with Crippen LogP contribution in [0, 0.1) is 0 Å². The molecule has 0 amide bonds. The molecule has 0 aromatic heterocycles. The first-order valence-corrected chi connectivity index (χ1v) is 4.76. The van der Waals surface area contributed by atoms with Gasteiger partial charge in [-0.1, -0.05) is 22.0 Å². The van der Waals surface area contributed by atoms with Gasteiger partial charge in [0.2, 0.25) is 0 Å². The fraction of sp³-hybridized carbons (Fsp3) is 0.200. The number of hydrogen-bond acceptors (Lipinski definition) is 3. The van der Waals surface area contributed by atoms with Gasteiger partial charge < -0.3 is 14.9 Å². The van der Waals surface area contributed by atoms with Crippen LogP contribution in [0.5, 0.6) is 11.5 Å². The van der Waals surface area contributed by atoms with Crippen LogP contribution >= 0.6 is 15.9 Å². The number of aliphatic hydroxyl groups excluding tert-OH is 1. The zero-order valence-electron chi connectivity index (χ0n) is 7.70. The third kappa shape index (κ3) is 2.08. The molecule has 1 atom stereocenters. The first kappa shape index (κ1) is 11.1. The Balaban J connectivity index is 3.21. The largest absolute Gasteiger partial charge is 0.504 e. The van der Waals surface area contributed by atoms with E-state index in [0.717, 1.165) is 0 Å². The normalized spacial score (nSPS) is 12.2. The van der Waals surface area contributed by atoms with E-state index in [4.69, 9.17) is 4.74 Å². The summed E-state index contributed by atoms with van der Waals surface area (Å²) in [7, 11) is 1.46. The van der Waals surface area contributed by atoms with Crippen molar-refractivity contribution < 1.29 is 14.9 Å². The number of aromatic hydroxyl groups is 1. The minimum absolute atomic E-state index is 0.00778. The predicted molar refractivity (Wildman–Crippen MR) is 57.5 cm³/mol. The van der Waals surface area contributed by atoms with Crippen LogP contribution in [-0.2, 0) is 0 Å². The van der Waals surface area contributed by atoms with Crippen LogP contribution < -0.4 is 4.74 Å². The van der Waals surface area contributed by atoms with E-state index in [1.165, 1.54) is 19.3 Å². The average Bonchev–Trinajstić information content (AvgIpc) is 2.19. The summed E-state index contributed by atoms with van der Waals surface area (Å²) in [5.74, 6) is 0.350. The van der Waals surface area contributed by atoms with Crippen molar-refractivity contribution in [2.24, 2.45) is 0 Å². The van der Waals surface area contributed by atoms with Crippen molar-refractivity contribution in [3.63, 3.8) is 0 Å². The second-order valence-corrected chi connectivity index (χ2v) is 3.58. The van der Waals surface area contributed by atoms with Crippen molar-refractivity contribution >= 4 is 15.9 Å². The maximum Gasteiger partial charge on any atom is 0.161 e. The van der Waals surface area contributed by atoms with Gasteiger partial charge in [0.25, 0.3) is 0 Å². The topological polar surface area (TPSA) is 49.7 Å². The minimum atomic E-state index is -0.804. The van der Waals surface area contributed by atoms with Gasteiger partial charge in [0, 0.05) is 10.0 Å². The Morgan fingerprint density at radius 3 is 2.71 bits per heavy atom. The van der Waals surface area contributed by atoms with Gasteiger partial charge in [-0.3, -0.25) is 0 Å². The molecule has 1 aromatic rings. The maximum atomic E-state index is 9.50. The summed E-state index contributed by atoms with van der Waals surface area (Å²) < 4.78 is 5.57. The number of aliphatic hydroxyl groups is 1. The van der Waals surface area contributed by atoms with Crippen molar-refractivity contribution in [2.45, 2.75) is 6.10 Å². The molecule has 4 heteroatoms. The van der Waals surface area contributed by atoms with Crippen LogP contribution in [0.2, 0.25) is 0 Å². The molecule has 0 aliphatic heterocycles. The Morgan fingerprint density at radius 2 is 2.21 bits per heavy atom. The van der Waals surface area contributed by atoms with Crippen LogP contribution in [0.4, 0.5) is 0 Å². The van der Waals surface area contributed by atoms with Crippen molar-refractivity contribution in [2.75, 3.05) is 7.11 Å². The molecule has 76 valence electrons. The van der Waals surface area contributed by atoms with Crippen LogP contribution in [0.25, 0.3) is 0 Å². The Labute approximate surface area is 90.8 Å². The zero-order valence-corrected chi connectivity index (χ0v) is 9.28. The summed E-state index contributed by atoms with van der Waals surface area (Å²) >= 11 is 3.26. The molecule has 0 radical (unpaired) electrons. The molecule has 0 spiro atoms. The molecule has 1 unspecified atom stereocenters. The summed E-state index contributed by atoms with van der Waals surface area (Å²) in [5.41, 5.74) is 0.554. The number of methoxy groups -OCH3 is 1. The fourth-order valence-electron chi connectivity index (χ4n) is 1.08. The lowest BCUT2D eigenvalue weighted by molar-refractivity contribution is 0.227. The van der Waals surface area contributed by atoms with E-state index in [-0.39, 0.29) is 5.75 Å². The molecule has 0 aliphatic rings. The number of phenolic OH excluding ortho intramolecular Hbond substituents is 1. The Kier molecular flexibility index (Phi) is 3.55. The summed E-state index contributed by atoms with van der Waals surface area (Å²) in [6.07, 6.45) is 0.576. The Bertz CT molecular complexity index is 349. The zero-order chi connectivity index (χ0) is 10.7. The lowest BCUT2D eigenvalue weighted by atomic mass is 10.1. The summed E-state index contributed by atoms with van der Waals surface area (Å²) in [6.45, 7) is 3.47. The van der Waals surface area contributed by atoms with Crippen LogP contribution in [-0.4, -0.2) is 17.3 Å². The summed E-state index contributed by atoms with van der Waals surface area (Å²) in [6, 6.07) is 3.03. The third-order valence-corrected chi connectivity index (χ3v) is 2.53. The molecule has 3 nitrogen and oxygen atoms in total. The van der Waals surface area contributed by atoms with Gasteiger partial charge in [0.05, 0.1) is 13.2 Å². The Hall–Kier alpha value is -1.00. The van der Waals surface area contributed by atoms with Gasteiger partial charge in [-0.15, -0.1) is 6.58 Å². The van der Waals surface area contributed by atoms with E-state index in [0.29, 0.717) is 15.8 Å². The highest BCUT2D eigenvalue weighted by Gasteiger charge is 2.12. The van der Waals surface area contributed by atoms with E-state index in [9.17, 15) is 10.2 Å². The highest BCUT2D eigenvalue weighted by atomic mass is 79.9. The number of ether oxygens (including phenoxy) is 1. The lowest BCUT2D eigenvalue weighted by Crippen LogP contribution is -1.95. The molecule has 0 bridgehead atoms. The van der Waals surface area contributed by atoms with Crippen molar-refractivity contribution in [1.29, 1.82) is 0 Å². The molecular weight excluding hydrogens is 248 g/mol. The lowest BCUT2D eigenvalue weighted by Gasteiger charge is -2.11. The Morgan fingerprint density at radius 1 is 1.57 bits per heavy atom. The molecule has 1 aromatic carbocycles. The SMILES string of the molecule is C=CC(O)c1cc(O)c(OC)cc1Br. The van der Waals surface area contributed by atoms with Crippen LogP contribution in [0.15, 0.2) is 29.3 Å². The fourth-order valence-corrected chi connectivity index (χ4v) is 1.63. The second kappa shape index (κ2) is 4.48. The number of hydrogen-bond donors (Lipinski definition) is 2. The third-order valence-electron chi connectivity index (χ3n) is 1.84. The van der Waals surface area contributed by atoms with Gasteiger partial charge in [-0.05, 0) is 12.1 Å². The summed E-state index contributed by atoms with van der Waals surface area (Å²) in [4.78, 5) is 0. The van der Waals surface area contributed by atoms with E-state index in [1.54, 1.807) is 6.07 Å². The van der Waals surface area contributed by atoms with Gasteiger partial charge in [-0.25, -0.2) is 0 Å². The number of phenols is 1. The predicted octanol–water partition coefficient (Wildman–Crippen LogP) is 2.38. The highest BCUT2D eigenvalue weighted by Crippen LogP contribution is 2.35. The molecule has 0 heterocycles. The molecule has 0 aliphatic carbocycles. The number of benzene rings is 1. The average molecular weight is 259 g/mol. The smallest absolute Gasteiger partial charge is 0.161 e. The van der Waals surface area contributed by atoms with Crippen molar-refractivity contribution in [3.05, 3.63) is 34.8 Å². The van der Waals surface area contributed by atoms with Crippen molar-refractivity contribution in [3.8, 4) is 11.5 Å². The van der Waals surface area contributed by atoms with E-state index in [1.807, 2.05) is 0 Å². The van der Waals surface area contributed by atoms with E-state index >= 15 is 0 Å². The highest BCUT2D eigenvalue weighted by molar-refractivity contribution is 9.10. The maximum absolute atomic E-state index is 9.50. The number of rotatable bonds is 3. The molecule has 0 saturated carbocycles. The standard InChI is InChI=1S/C10H11BrO3/c1-3-8(12)6-4-9(13)10(14-2)5-7(6)11/h3-5,8,12-13H,1H2,2H3. The molecular formula is C10H11BrO3. The van der Waals surface area contributed by atoms with Crippen LogP contribution in [0.3, 0.4) is 0 Å². The molecule has 14 heavy (non-hydrogen) atoms. The number of halogens is 1. The first-order valence-electron chi connectivity index (χ1n) is 3.97. The second-order valence-electron chi connectivity index (χ2n) is 2.73. The van der Waals surface area contributed by atoms with Crippen LogP contribution in [0.1, 0.15) is 11.7 Å². The molecule has 2 N–H and O–H groups in total. The first-order chi connectivity index (χ1) is 6.60. The monoisotopic (exact) mass is 258 g/mol. The quantitative estimate of drug-likeness (QED) is 0.819. The van der Waals surface area contributed by atoms with Gasteiger partial charge in [-0.2, -0.15) is 0 Å². The minimum Gasteiger partial charge on any atom is -0.504 e. The molecule has 1 rings (SSSR count). The van der Waals surface area contributed by atoms with Gasteiger partial charge >= 0.3 is 0 Å². The van der Waals surface area contributed by atoms with Gasteiger partial charge in [0.15, 0.2) is 11.5 Å². The van der Waals surface area contributed by atoms with Gasteiger partial charge in [0.1, 0.15) is 0 Å². The van der Waals surface area contributed by atoms with Crippen molar-refractivity contribution in [1.82, 2.24) is 0 Å². The molecule has 0 saturated heterocycles. The van der Waals surface area contributed by atoms with E-state index < -0.39 is 6.10 Å². The van der Waals surface area contributed by atoms with E-state index in [2.05, 4.69) is 22.5 Å². The molecule has 0 fully saturated rings.